The van der Waals surface area contributed by atoms with Gasteiger partial charge in [0.05, 0.1) is 27.6 Å². The van der Waals surface area contributed by atoms with Gasteiger partial charge < -0.3 is 13.7 Å². The molecule has 0 radical (unpaired) electrons. The number of aromatic nitrogens is 3. The van der Waals surface area contributed by atoms with Crippen LogP contribution in [-0.4, -0.2) is 13.7 Å². The van der Waals surface area contributed by atoms with Gasteiger partial charge in [0.2, 0.25) is 0 Å². The van der Waals surface area contributed by atoms with E-state index in [1.54, 1.807) is 0 Å². The molecule has 3 heterocycles. The number of allylic oxidation sites excluding steroid dienone is 2. The Balaban J connectivity index is 0.708. The van der Waals surface area contributed by atoms with Crippen molar-refractivity contribution in [3.8, 4) is 72.7 Å². The van der Waals surface area contributed by atoms with E-state index in [0.717, 1.165) is 56.0 Å². The van der Waals surface area contributed by atoms with Crippen LogP contribution >= 0.6 is 0 Å². The van der Waals surface area contributed by atoms with E-state index in [1.807, 2.05) is 0 Å². The highest BCUT2D eigenvalue weighted by Crippen LogP contribution is 2.44. The van der Waals surface area contributed by atoms with Gasteiger partial charge in [-0.05, 0) is 227 Å². The maximum absolute atomic E-state index is 4.66. The monoisotopic (exact) mass is 1200 g/mol. The Labute approximate surface area is 545 Å². The molecule has 0 N–H and O–H groups in total. The Morgan fingerprint density at radius 1 is 0.245 bits per heavy atom. The Bertz CT molecular complexity index is 6020. The first-order valence-electron chi connectivity index (χ1n) is 32.4. The van der Waals surface area contributed by atoms with Crippen LogP contribution < -0.4 is 0 Å². The summed E-state index contributed by atoms with van der Waals surface area (Å²) in [5.74, 6) is 0. The number of para-hydroxylation sites is 4. The summed E-state index contributed by atoms with van der Waals surface area (Å²) in [4.78, 5) is 0. The Kier molecular flexibility index (Phi) is 12.9. The van der Waals surface area contributed by atoms with Crippen molar-refractivity contribution in [2.45, 2.75) is 6.92 Å². The lowest BCUT2D eigenvalue weighted by molar-refractivity contribution is 1.10. The normalized spacial score (nSPS) is 11.9. The first-order chi connectivity index (χ1) is 46.4. The van der Waals surface area contributed by atoms with Crippen LogP contribution in [0.25, 0.3) is 171 Å². The van der Waals surface area contributed by atoms with Crippen LogP contribution in [0, 0.1) is 6.92 Å². The van der Waals surface area contributed by atoms with Gasteiger partial charge in [0.1, 0.15) is 0 Å². The van der Waals surface area contributed by atoms with Gasteiger partial charge in [0.25, 0.3) is 0 Å². The van der Waals surface area contributed by atoms with Gasteiger partial charge >= 0.3 is 0 Å². The van der Waals surface area contributed by atoms with E-state index in [0.29, 0.717) is 0 Å². The molecule has 0 saturated heterocycles. The summed E-state index contributed by atoms with van der Waals surface area (Å²) in [6.07, 6.45) is 4.41. The van der Waals surface area contributed by atoms with Gasteiger partial charge in [-0.2, -0.15) is 0 Å². The van der Waals surface area contributed by atoms with Gasteiger partial charge in [-0.1, -0.05) is 231 Å². The van der Waals surface area contributed by atoms with E-state index in [4.69, 9.17) is 0 Å². The van der Waals surface area contributed by atoms with Crippen LogP contribution in [0.5, 0.6) is 0 Å². The van der Waals surface area contributed by atoms with Crippen molar-refractivity contribution in [1.29, 1.82) is 0 Å². The van der Waals surface area contributed by atoms with Crippen molar-refractivity contribution < 1.29 is 0 Å². The summed E-state index contributed by atoms with van der Waals surface area (Å²) in [5.41, 5.74) is 25.6. The number of fused-ring (bicyclic) bond motifs is 13. The topological polar surface area (TPSA) is 14.8 Å². The third kappa shape index (κ3) is 9.12. The minimum atomic E-state index is 0.954. The Morgan fingerprint density at radius 3 is 1.24 bits per heavy atom. The summed E-state index contributed by atoms with van der Waals surface area (Å²) < 4.78 is 7.23. The lowest BCUT2D eigenvalue weighted by Gasteiger charge is -2.15. The van der Waals surface area contributed by atoms with Crippen molar-refractivity contribution in [3.05, 3.63) is 357 Å². The average Bonchev–Trinajstić information content (AvgIpc) is 1.36. The molecule has 440 valence electrons. The Morgan fingerprint density at radius 2 is 0.638 bits per heavy atom. The molecule has 15 aromatic carbocycles. The quantitative estimate of drug-likeness (QED) is 0.0906. The lowest BCUT2D eigenvalue weighted by Crippen LogP contribution is -1.96. The molecule has 3 aromatic heterocycles. The summed E-state index contributed by atoms with van der Waals surface area (Å²) in [5, 5.41) is 13.5. The average molecular weight is 1200 g/mol. The predicted molar refractivity (Wildman–Crippen MR) is 401 cm³/mol. The van der Waals surface area contributed by atoms with E-state index in [-0.39, 0.29) is 0 Å². The van der Waals surface area contributed by atoms with Crippen LogP contribution in [0.1, 0.15) is 16.8 Å². The second-order valence-corrected chi connectivity index (χ2v) is 24.9. The fourth-order valence-electron chi connectivity index (χ4n) is 15.0. The predicted octanol–water partition coefficient (Wildman–Crippen LogP) is 24.7. The van der Waals surface area contributed by atoms with Crippen LogP contribution in [0.4, 0.5) is 0 Å². The van der Waals surface area contributed by atoms with Crippen LogP contribution in [0.3, 0.4) is 0 Å². The number of rotatable bonds is 11. The number of aryl methyl sites for hydroxylation is 1. The summed E-state index contributed by atoms with van der Waals surface area (Å²) >= 11 is 0. The van der Waals surface area contributed by atoms with Gasteiger partial charge in [-0.15, -0.1) is 0 Å². The van der Waals surface area contributed by atoms with E-state index in [1.165, 1.54) is 126 Å². The highest BCUT2D eigenvalue weighted by Gasteiger charge is 2.21. The molecule has 18 rings (SSSR count). The molecule has 0 saturated carbocycles. The fraction of sp³-hybridized carbons (Fsp3) is 0.0110. The second-order valence-electron chi connectivity index (χ2n) is 24.9. The first kappa shape index (κ1) is 54.6. The third-order valence-corrected chi connectivity index (χ3v) is 19.5. The molecule has 18 aromatic rings. The zero-order valence-corrected chi connectivity index (χ0v) is 51.9. The smallest absolute Gasteiger partial charge is 0.0547 e. The summed E-state index contributed by atoms with van der Waals surface area (Å²) in [6.45, 7) is 6.88. The highest BCUT2D eigenvalue weighted by atomic mass is 15.0. The molecule has 0 aliphatic carbocycles. The zero-order chi connectivity index (χ0) is 62.4. The molecule has 0 amide bonds. The molecular formula is C91H61N3. The largest absolute Gasteiger partial charge is 0.310 e. The molecule has 0 aliphatic rings. The van der Waals surface area contributed by atoms with Gasteiger partial charge in [0, 0.05) is 49.7 Å². The summed E-state index contributed by atoms with van der Waals surface area (Å²) in [7, 11) is 0. The van der Waals surface area contributed by atoms with E-state index < -0.39 is 0 Å². The SMILES string of the molecule is C=C(/C=C\c1c(C)c2ccccc2n1-c1ccccc1)c1ccc2c(c1)c1ccccc1n2-c1ccc2c(c1)c1ccc(-c3ccc4c5ccc(-c6cccc(-c7cc(-c8ccccc8)cc(-c8ccccc8)c7)c6)cc5c5ccccc5c4c3)cc1n2-c1ccccc1. The number of nitrogens with zero attached hydrogens (tertiary/aromatic N) is 3. The Hall–Kier alpha value is -12.3. The third-order valence-electron chi connectivity index (χ3n) is 19.5. The van der Waals surface area contributed by atoms with Crippen molar-refractivity contribution in [2.75, 3.05) is 0 Å². The van der Waals surface area contributed by atoms with Crippen LogP contribution in [0.2, 0.25) is 0 Å². The van der Waals surface area contributed by atoms with E-state index in [2.05, 4.69) is 367 Å². The number of hydrogen-bond donors (Lipinski definition) is 0. The van der Waals surface area contributed by atoms with Crippen molar-refractivity contribution >= 4 is 98.5 Å². The lowest BCUT2D eigenvalue weighted by atomic mass is 9.89. The molecule has 0 fully saturated rings. The van der Waals surface area contributed by atoms with Gasteiger partial charge in [-0.3, -0.25) is 0 Å². The van der Waals surface area contributed by atoms with E-state index >= 15 is 0 Å². The molecule has 0 bridgehead atoms. The summed E-state index contributed by atoms with van der Waals surface area (Å²) in [6, 6.07) is 120. The number of benzene rings is 15. The molecular weight excluding hydrogens is 1140 g/mol. The van der Waals surface area contributed by atoms with Crippen molar-refractivity contribution in [1.82, 2.24) is 13.7 Å². The fourth-order valence-corrected chi connectivity index (χ4v) is 15.0. The minimum absolute atomic E-state index is 0.954. The van der Waals surface area contributed by atoms with Gasteiger partial charge in [-0.25, -0.2) is 0 Å². The molecule has 0 aliphatic heterocycles. The maximum atomic E-state index is 4.66. The molecule has 3 nitrogen and oxygen atoms in total. The van der Waals surface area contributed by atoms with Gasteiger partial charge in [0.15, 0.2) is 0 Å². The highest BCUT2D eigenvalue weighted by molar-refractivity contribution is 6.26. The molecule has 0 unspecified atom stereocenters. The molecule has 3 heteroatoms. The molecule has 0 atom stereocenters. The molecule has 94 heavy (non-hydrogen) atoms. The van der Waals surface area contributed by atoms with Crippen LogP contribution in [0.15, 0.2) is 340 Å². The van der Waals surface area contributed by atoms with E-state index in [9.17, 15) is 0 Å². The van der Waals surface area contributed by atoms with Crippen molar-refractivity contribution in [2.24, 2.45) is 0 Å². The number of hydrogen-bond acceptors (Lipinski definition) is 0. The van der Waals surface area contributed by atoms with Crippen molar-refractivity contribution in [3.63, 3.8) is 0 Å². The standard InChI is InChI=1S/C91H61N3/c1-59(38-47-86-60(2)75-32-17-19-36-87(75)92(86)72-28-11-5-12-29-72)63-42-48-89-84(54-63)80-35-18-20-37-88(80)94(89)74-43-49-90-85(58-74)81-46-41-68(57-91(81)93(90)73-30-13-6-14-31-73)67-40-45-79-78-44-39-66(55-82(78)76-33-15-16-34-77(76)83(79)56-67)64-26-21-27-65(50-64)71-52-69(61-22-7-3-8-23-61)51-70(53-71)62-24-9-4-10-25-62/h3-58H,1H2,2H3/b47-38-. The second kappa shape index (κ2) is 22.3. The first-order valence-corrected chi connectivity index (χ1v) is 32.4. The minimum Gasteiger partial charge on any atom is -0.310 e. The zero-order valence-electron chi connectivity index (χ0n) is 51.9. The molecule has 0 spiro atoms. The van der Waals surface area contributed by atoms with Crippen LogP contribution in [-0.2, 0) is 0 Å². The maximum Gasteiger partial charge on any atom is 0.0547 e.